The smallest absolute Gasteiger partial charge is 0.262 e. The zero-order valence-electron chi connectivity index (χ0n) is 11.6. The SMILES string of the molecule is CCC1CCCCC1Oc1cc(Cl)c(S(=O)(=O)Cl)cc1Cl. The molecule has 0 amide bonds. The molecule has 1 aromatic rings. The van der Waals surface area contributed by atoms with Crippen molar-refractivity contribution < 1.29 is 13.2 Å². The van der Waals surface area contributed by atoms with Crippen molar-refractivity contribution in [2.75, 3.05) is 0 Å². The zero-order chi connectivity index (χ0) is 15.6. The fraction of sp³-hybridized carbons (Fsp3) is 0.571. The first-order chi connectivity index (χ1) is 9.82. The Labute approximate surface area is 139 Å². The van der Waals surface area contributed by atoms with Crippen LogP contribution in [0.5, 0.6) is 5.75 Å². The van der Waals surface area contributed by atoms with Crippen molar-refractivity contribution in [1.29, 1.82) is 0 Å². The molecule has 2 unspecified atom stereocenters. The van der Waals surface area contributed by atoms with Crippen LogP contribution in [0.1, 0.15) is 39.0 Å². The summed E-state index contributed by atoms with van der Waals surface area (Å²) in [6.45, 7) is 2.14. The molecule has 0 radical (unpaired) electrons. The van der Waals surface area contributed by atoms with E-state index in [1.165, 1.54) is 18.6 Å². The van der Waals surface area contributed by atoms with E-state index in [2.05, 4.69) is 6.92 Å². The molecule has 0 heterocycles. The van der Waals surface area contributed by atoms with Crippen LogP contribution in [0.3, 0.4) is 0 Å². The fourth-order valence-corrected chi connectivity index (χ4v) is 4.53. The molecule has 21 heavy (non-hydrogen) atoms. The van der Waals surface area contributed by atoms with Gasteiger partial charge in [-0.15, -0.1) is 0 Å². The molecule has 0 bridgehead atoms. The maximum absolute atomic E-state index is 11.4. The first-order valence-corrected chi connectivity index (χ1v) is 9.99. The third-order valence-corrected chi connectivity index (χ3v) is 5.97. The molecule has 3 nitrogen and oxygen atoms in total. The molecule has 0 N–H and O–H groups in total. The van der Waals surface area contributed by atoms with Gasteiger partial charge in [0, 0.05) is 16.7 Å². The predicted octanol–water partition coefficient (Wildman–Crippen LogP) is 5.27. The van der Waals surface area contributed by atoms with E-state index < -0.39 is 9.05 Å². The molecule has 7 heteroatoms. The third kappa shape index (κ3) is 4.19. The lowest BCUT2D eigenvalue weighted by atomic mass is 9.85. The summed E-state index contributed by atoms with van der Waals surface area (Å²) in [5.41, 5.74) is 0. The van der Waals surface area contributed by atoms with Crippen molar-refractivity contribution in [2.45, 2.75) is 50.0 Å². The van der Waals surface area contributed by atoms with E-state index in [1.54, 1.807) is 0 Å². The summed E-state index contributed by atoms with van der Waals surface area (Å²) in [5.74, 6) is 0.904. The minimum absolute atomic E-state index is 0.0215. The molecule has 1 saturated carbocycles. The van der Waals surface area contributed by atoms with E-state index >= 15 is 0 Å². The Morgan fingerprint density at radius 2 is 1.86 bits per heavy atom. The lowest BCUT2D eigenvalue weighted by Crippen LogP contribution is -2.30. The van der Waals surface area contributed by atoms with Crippen LogP contribution >= 0.6 is 33.9 Å². The molecule has 2 rings (SSSR count). The molecular formula is C14H17Cl3O3S. The lowest BCUT2D eigenvalue weighted by Gasteiger charge is -2.31. The summed E-state index contributed by atoms with van der Waals surface area (Å²) in [4.78, 5) is -0.195. The van der Waals surface area contributed by atoms with Gasteiger partial charge in [-0.25, -0.2) is 8.42 Å². The van der Waals surface area contributed by atoms with Crippen LogP contribution in [0.4, 0.5) is 0 Å². The van der Waals surface area contributed by atoms with E-state index in [1.807, 2.05) is 0 Å². The van der Waals surface area contributed by atoms with Gasteiger partial charge in [-0.05, 0) is 37.7 Å². The fourth-order valence-electron chi connectivity index (χ4n) is 2.75. The number of hydrogen-bond donors (Lipinski definition) is 0. The van der Waals surface area contributed by atoms with E-state index in [0.717, 1.165) is 25.7 Å². The molecule has 2 atom stereocenters. The van der Waals surface area contributed by atoms with Crippen molar-refractivity contribution in [3.05, 3.63) is 22.2 Å². The van der Waals surface area contributed by atoms with Crippen LogP contribution in [0, 0.1) is 5.92 Å². The second-order valence-electron chi connectivity index (χ2n) is 5.26. The molecule has 0 aliphatic heterocycles. The highest BCUT2D eigenvalue weighted by Gasteiger charge is 2.27. The highest BCUT2D eigenvalue weighted by molar-refractivity contribution is 8.13. The first-order valence-electron chi connectivity index (χ1n) is 6.93. The topological polar surface area (TPSA) is 43.4 Å². The Morgan fingerprint density at radius 3 is 2.48 bits per heavy atom. The summed E-state index contributed by atoms with van der Waals surface area (Å²) >= 11 is 12.1. The summed E-state index contributed by atoms with van der Waals surface area (Å²) in [6.07, 6.45) is 5.60. The Hall–Kier alpha value is -0.160. The second kappa shape index (κ2) is 6.95. The molecule has 0 spiro atoms. The number of hydrogen-bond acceptors (Lipinski definition) is 3. The molecule has 1 aliphatic carbocycles. The van der Waals surface area contributed by atoms with Crippen LogP contribution in [0.25, 0.3) is 0 Å². The van der Waals surface area contributed by atoms with Gasteiger partial charge in [0.25, 0.3) is 9.05 Å². The van der Waals surface area contributed by atoms with Crippen molar-refractivity contribution in [3.63, 3.8) is 0 Å². The first kappa shape index (κ1) is 17.2. The Kier molecular flexibility index (Phi) is 5.69. The maximum Gasteiger partial charge on any atom is 0.262 e. The summed E-state index contributed by atoms with van der Waals surface area (Å²) in [7, 11) is 1.39. The average molecular weight is 372 g/mol. The Bertz CT molecular complexity index is 616. The lowest BCUT2D eigenvalue weighted by molar-refractivity contribution is 0.0904. The van der Waals surface area contributed by atoms with Gasteiger partial charge < -0.3 is 4.74 Å². The number of benzene rings is 1. The molecule has 1 aliphatic rings. The highest BCUT2D eigenvalue weighted by atomic mass is 35.7. The zero-order valence-corrected chi connectivity index (χ0v) is 14.7. The third-order valence-electron chi connectivity index (χ3n) is 3.89. The number of rotatable bonds is 4. The maximum atomic E-state index is 11.4. The Morgan fingerprint density at radius 1 is 1.19 bits per heavy atom. The van der Waals surface area contributed by atoms with E-state index in [0.29, 0.717) is 11.7 Å². The van der Waals surface area contributed by atoms with Crippen LogP contribution in [-0.2, 0) is 9.05 Å². The minimum atomic E-state index is -3.92. The van der Waals surface area contributed by atoms with Crippen LogP contribution in [0.15, 0.2) is 17.0 Å². The highest BCUT2D eigenvalue weighted by Crippen LogP contribution is 2.38. The minimum Gasteiger partial charge on any atom is -0.489 e. The standard InChI is InChI=1S/C14H17Cl3O3S/c1-2-9-5-3-4-6-12(9)20-13-7-11(16)14(8-10(13)15)21(17,18)19/h7-9,12H,2-6H2,1H3. The van der Waals surface area contributed by atoms with Crippen molar-refractivity contribution in [2.24, 2.45) is 5.92 Å². The molecular weight excluding hydrogens is 355 g/mol. The van der Waals surface area contributed by atoms with E-state index in [9.17, 15) is 8.42 Å². The van der Waals surface area contributed by atoms with Gasteiger partial charge in [0.05, 0.1) is 10.0 Å². The van der Waals surface area contributed by atoms with Crippen LogP contribution < -0.4 is 4.74 Å². The predicted molar refractivity (Wildman–Crippen MR) is 86.2 cm³/mol. The molecule has 0 aromatic heterocycles. The van der Waals surface area contributed by atoms with Gasteiger partial charge in [0.1, 0.15) is 16.7 Å². The monoisotopic (exact) mass is 370 g/mol. The molecule has 118 valence electrons. The van der Waals surface area contributed by atoms with Gasteiger partial charge in [0.2, 0.25) is 0 Å². The van der Waals surface area contributed by atoms with E-state index in [-0.39, 0.29) is 21.0 Å². The van der Waals surface area contributed by atoms with Crippen molar-refractivity contribution in [1.82, 2.24) is 0 Å². The van der Waals surface area contributed by atoms with Gasteiger partial charge in [0.15, 0.2) is 0 Å². The summed E-state index contributed by atoms with van der Waals surface area (Å²) in [5, 5.41) is 0.229. The van der Waals surface area contributed by atoms with Crippen molar-refractivity contribution in [3.8, 4) is 5.75 Å². The molecule has 1 fully saturated rings. The Balaban J connectivity index is 2.27. The van der Waals surface area contributed by atoms with Gasteiger partial charge in [-0.1, -0.05) is 36.5 Å². The molecule has 1 aromatic carbocycles. The van der Waals surface area contributed by atoms with Gasteiger partial charge in [-0.2, -0.15) is 0 Å². The van der Waals surface area contributed by atoms with E-state index in [4.69, 9.17) is 38.6 Å². The molecule has 0 saturated heterocycles. The largest absolute Gasteiger partial charge is 0.489 e. The van der Waals surface area contributed by atoms with Crippen LogP contribution in [-0.4, -0.2) is 14.5 Å². The normalized spacial score (nSPS) is 23.0. The van der Waals surface area contributed by atoms with Crippen molar-refractivity contribution >= 4 is 42.9 Å². The van der Waals surface area contributed by atoms with Gasteiger partial charge >= 0.3 is 0 Å². The number of ether oxygens (including phenoxy) is 1. The summed E-state index contributed by atoms with van der Waals surface area (Å²) < 4.78 is 28.8. The number of halogens is 3. The average Bonchev–Trinajstić information content (AvgIpc) is 2.42. The van der Waals surface area contributed by atoms with Gasteiger partial charge in [-0.3, -0.25) is 0 Å². The second-order valence-corrected chi connectivity index (χ2v) is 8.61. The summed E-state index contributed by atoms with van der Waals surface area (Å²) in [6, 6.07) is 2.67. The quantitative estimate of drug-likeness (QED) is 0.677. The van der Waals surface area contributed by atoms with Crippen LogP contribution in [0.2, 0.25) is 10.0 Å².